The van der Waals surface area contributed by atoms with Gasteiger partial charge < -0.3 is 28.8 Å². The third kappa shape index (κ3) is 4.20. The molecule has 0 radical (unpaired) electrons. The Kier molecular flexibility index (Phi) is 6.08. The first kappa shape index (κ1) is 20.7. The highest BCUT2D eigenvalue weighted by Crippen LogP contribution is 2.33. The number of furan rings is 1. The number of para-hydroxylation sites is 1. The van der Waals surface area contributed by atoms with E-state index in [0.717, 1.165) is 0 Å². The summed E-state index contributed by atoms with van der Waals surface area (Å²) < 4.78 is 22.0. The SMILES string of the molecule is CCOc1ccc(C(=O)Nc2c(C(=O)N3CCOCC3)oc3ccccc23)cc1OC. The Morgan fingerprint density at radius 3 is 2.61 bits per heavy atom. The molecule has 0 spiro atoms. The summed E-state index contributed by atoms with van der Waals surface area (Å²) in [7, 11) is 1.52. The number of nitrogens with zero attached hydrogens (tertiary/aromatic N) is 1. The maximum atomic E-state index is 13.1. The molecular weight excluding hydrogens is 400 g/mol. The normalized spacial score (nSPS) is 13.8. The highest BCUT2D eigenvalue weighted by molar-refractivity contribution is 6.14. The minimum absolute atomic E-state index is 0.106. The van der Waals surface area contributed by atoms with Crippen LogP contribution >= 0.6 is 0 Å². The fraction of sp³-hybridized carbons (Fsp3) is 0.304. The van der Waals surface area contributed by atoms with Gasteiger partial charge in [0.25, 0.3) is 11.8 Å². The van der Waals surface area contributed by atoms with Crippen LogP contribution in [0.25, 0.3) is 11.0 Å². The summed E-state index contributed by atoms with van der Waals surface area (Å²) in [6.07, 6.45) is 0. The Labute approximate surface area is 179 Å². The van der Waals surface area contributed by atoms with Crippen LogP contribution in [-0.2, 0) is 4.74 Å². The second-order valence-electron chi connectivity index (χ2n) is 6.96. The summed E-state index contributed by atoms with van der Waals surface area (Å²) in [5, 5.41) is 3.52. The molecule has 8 heteroatoms. The topological polar surface area (TPSA) is 90.2 Å². The van der Waals surface area contributed by atoms with Crippen LogP contribution in [0.5, 0.6) is 11.5 Å². The van der Waals surface area contributed by atoms with E-state index in [1.807, 2.05) is 25.1 Å². The van der Waals surface area contributed by atoms with E-state index in [2.05, 4.69) is 5.32 Å². The molecule has 1 N–H and O–H groups in total. The van der Waals surface area contributed by atoms with Gasteiger partial charge in [-0.3, -0.25) is 9.59 Å². The van der Waals surface area contributed by atoms with E-state index >= 15 is 0 Å². The zero-order valence-electron chi connectivity index (χ0n) is 17.5. The number of fused-ring (bicyclic) bond motifs is 1. The zero-order chi connectivity index (χ0) is 21.8. The van der Waals surface area contributed by atoms with Crippen molar-refractivity contribution in [3.8, 4) is 11.5 Å². The van der Waals surface area contributed by atoms with Gasteiger partial charge in [0.1, 0.15) is 11.3 Å². The van der Waals surface area contributed by atoms with Crippen LogP contribution in [0.1, 0.15) is 27.8 Å². The van der Waals surface area contributed by atoms with E-state index in [0.29, 0.717) is 66.6 Å². The molecule has 31 heavy (non-hydrogen) atoms. The van der Waals surface area contributed by atoms with Crippen molar-refractivity contribution < 1.29 is 28.2 Å². The number of nitrogens with one attached hydrogen (secondary N) is 1. The predicted molar refractivity (Wildman–Crippen MR) is 115 cm³/mol. The Morgan fingerprint density at radius 2 is 1.87 bits per heavy atom. The molecule has 3 aromatic rings. The van der Waals surface area contributed by atoms with Crippen molar-refractivity contribution in [1.29, 1.82) is 0 Å². The molecule has 1 aliphatic rings. The summed E-state index contributed by atoms with van der Waals surface area (Å²) in [6.45, 7) is 4.24. The van der Waals surface area contributed by atoms with E-state index in [4.69, 9.17) is 18.6 Å². The number of carbonyl (C=O) groups excluding carboxylic acids is 2. The first-order valence-electron chi connectivity index (χ1n) is 10.1. The highest BCUT2D eigenvalue weighted by Gasteiger charge is 2.28. The molecule has 1 aromatic heterocycles. The standard InChI is InChI=1S/C23H24N2O6/c1-3-30-18-9-8-15(14-19(18)28-2)22(26)24-20-16-6-4-5-7-17(16)31-21(20)23(27)25-10-12-29-13-11-25/h4-9,14H,3,10-13H2,1-2H3,(H,24,26). The molecule has 0 bridgehead atoms. The van der Waals surface area contributed by atoms with E-state index < -0.39 is 0 Å². The zero-order valence-corrected chi connectivity index (χ0v) is 17.5. The molecule has 0 saturated carbocycles. The van der Waals surface area contributed by atoms with Crippen LogP contribution in [0.4, 0.5) is 5.69 Å². The van der Waals surface area contributed by atoms with Crippen molar-refractivity contribution in [2.24, 2.45) is 0 Å². The van der Waals surface area contributed by atoms with E-state index in [-0.39, 0.29) is 17.6 Å². The lowest BCUT2D eigenvalue weighted by atomic mass is 10.1. The van der Waals surface area contributed by atoms with Crippen molar-refractivity contribution in [1.82, 2.24) is 4.90 Å². The van der Waals surface area contributed by atoms with Gasteiger partial charge in [-0.1, -0.05) is 12.1 Å². The van der Waals surface area contributed by atoms with Crippen molar-refractivity contribution >= 4 is 28.5 Å². The summed E-state index contributed by atoms with van der Waals surface area (Å²) in [5.74, 6) is 0.451. The Balaban J connectivity index is 1.67. The molecule has 162 valence electrons. The van der Waals surface area contributed by atoms with Gasteiger partial charge in [-0.15, -0.1) is 0 Å². The lowest BCUT2D eigenvalue weighted by Crippen LogP contribution is -2.40. The van der Waals surface area contributed by atoms with E-state index in [9.17, 15) is 9.59 Å². The molecule has 2 aromatic carbocycles. The number of rotatable bonds is 6. The van der Waals surface area contributed by atoms with E-state index in [1.54, 1.807) is 29.2 Å². The number of hydrogen-bond acceptors (Lipinski definition) is 6. The average Bonchev–Trinajstić information content (AvgIpc) is 3.18. The summed E-state index contributed by atoms with van der Waals surface area (Å²) >= 11 is 0. The number of hydrogen-bond donors (Lipinski definition) is 1. The molecule has 8 nitrogen and oxygen atoms in total. The first-order chi connectivity index (χ1) is 15.1. The maximum absolute atomic E-state index is 13.1. The van der Waals surface area contributed by atoms with Crippen molar-refractivity contribution in [2.45, 2.75) is 6.92 Å². The van der Waals surface area contributed by atoms with Gasteiger partial charge in [-0.2, -0.15) is 0 Å². The molecular formula is C23H24N2O6. The first-order valence-corrected chi connectivity index (χ1v) is 10.1. The van der Waals surface area contributed by atoms with Gasteiger partial charge in [0.15, 0.2) is 11.5 Å². The molecule has 0 atom stereocenters. The molecule has 1 fully saturated rings. The molecule has 0 unspecified atom stereocenters. The monoisotopic (exact) mass is 424 g/mol. The predicted octanol–water partition coefficient (Wildman–Crippen LogP) is 3.56. The lowest BCUT2D eigenvalue weighted by molar-refractivity contribution is 0.0285. The molecule has 4 rings (SSSR count). The summed E-state index contributed by atoms with van der Waals surface area (Å²) in [6, 6.07) is 12.2. The lowest BCUT2D eigenvalue weighted by Gasteiger charge is -2.26. The molecule has 1 aliphatic heterocycles. The number of benzene rings is 2. The van der Waals surface area contributed by atoms with Crippen LogP contribution in [0.3, 0.4) is 0 Å². The number of methoxy groups -OCH3 is 1. The van der Waals surface area contributed by atoms with Crippen LogP contribution in [0.15, 0.2) is 46.9 Å². The van der Waals surface area contributed by atoms with Gasteiger partial charge in [0.2, 0.25) is 5.76 Å². The van der Waals surface area contributed by atoms with Crippen LogP contribution in [0, 0.1) is 0 Å². The third-order valence-electron chi connectivity index (χ3n) is 5.05. The van der Waals surface area contributed by atoms with Crippen molar-refractivity contribution in [2.75, 3.05) is 45.3 Å². The Morgan fingerprint density at radius 1 is 1.10 bits per heavy atom. The number of ether oxygens (including phenoxy) is 3. The molecule has 2 amide bonds. The second kappa shape index (κ2) is 9.09. The third-order valence-corrected chi connectivity index (χ3v) is 5.05. The Hall–Kier alpha value is -3.52. The fourth-order valence-electron chi connectivity index (χ4n) is 3.50. The smallest absolute Gasteiger partial charge is 0.291 e. The molecule has 2 heterocycles. The van der Waals surface area contributed by atoms with Gasteiger partial charge >= 0.3 is 0 Å². The largest absolute Gasteiger partial charge is 0.493 e. The van der Waals surface area contributed by atoms with E-state index in [1.165, 1.54) is 7.11 Å². The van der Waals surface area contributed by atoms with Gasteiger partial charge in [0.05, 0.1) is 26.9 Å². The van der Waals surface area contributed by atoms with Crippen LogP contribution in [-0.4, -0.2) is 56.7 Å². The number of anilines is 1. The van der Waals surface area contributed by atoms with Crippen LogP contribution in [0.2, 0.25) is 0 Å². The minimum Gasteiger partial charge on any atom is -0.493 e. The molecule has 0 aliphatic carbocycles. The van der Waals surface area contributed by atoms with Gasteiger partial charge in [-0.05, 0) is 37.3 Å². The molecule has 1 saturated heterocycles. The number of amides is 2. The van der Waals surface area contributed by atoms with Gasteiger partial charge in [-0.25, -0.2) is 0 Å². The highest BCUT2D eigenvalue weighted by atomic mass is 16.5. The summed E-state index contributed by atoms with van der Waals surface area (Å²) in [4.78, 5) is 27.8. The Bertz CT molecular complexity index is 1100. The average molecular weight is 424 g/mol. The minimum atomic E-state index is -0.385. The maximum Gasteiger partial charge on any atom is 0.291 e. The van der Waals surface area contributed by atoms with Crippen molar-refractivity contribution in [3.05, 3.63) is 53.8 Å². The number of carbonyl (C=O) groups is 2. The van der Waals surface area contributed by atoms with Crippen LogP contribution < -0.4 is 14.8 Å². The summed E-state index contributed by atoms with van der Waals surface area (Å²) in [5.41, 5.74) is 1.25. The number of morpholine rings is 1. The van der Waals surface area contributed by atoms with Crippen molar-refractivity contribution in [3.63, 3.8) is 0 Å². The quantitative estimate of drug-likeness (QED) is 0.651. The second-order valence-corrected chi connectivity index (χ2v) is 6.96. The fourth-order valence-corrected chi connectivity index (χ4v) is 3.50. The van der Waals surface area contributed by atoms with Gasteiger partial charge in [0, 0.05) is 24.0 Å².